The van der Waals surface area contributed by atoms with Crippen molar-refractivity contribution in [2.45, 2.75) is 13.8 Å². The van der Waals surface area contributed by atoms with Gasteiger partial charge >= 0.3 is 0 Å². The number of carbonyl (C=O) groups excluding carboxylic acids is 1. The van der Waals surface area contributed by atoms with Gasteiger partial charge in [0.15, 0.2) is 11.5 Å². The molecule has 0 saturated heterocycles. The lowest BCUT2D eigenvalue weighted by Crippen LogP contribution is -2.28. The molecule has 4 nitrogen and oxygen atoms in total. The fourth-order valence-corrected chi connectivity index (χ4v) is 2.14. The van der Waals surface area contributed by atoms with Crippen molar-refractivity contribution in [3.63, 3.8) is 0 Å². The predicted octanol–water partition coefficient (Wildman–Crippen LogP) is 3.24. The second-order valence-corrected chi connectivity index (χ2v) is 4.49. The lowest BCUT2D eigenvalue weighted by atomic mass is 10.2. The van der Waals surface area contributed by atoms with Crippen molar-refractivity contribution in [1.82, 2.24) is 4.90 Å². The van der Waals surface area contributed by atoms with Gasteiger partial charge in [-0.2, -0.15) is 0 Å². The Kier molecular flexibility index (Phi) is 6.39. The van der Waals surface area contributed by atoms with E-state index in [1.54, 1.807) is 30.2 Å². The van der Waals surface area contributed by atoms with Crippen molar-refractivity contribution < 1.29 is 14.3 Å². The van der Waals surface area contributed by atoms with E-state index in [0.29, 0.717) is 29.6 Å². The maximum atomic E-state index is 11.9. The molecule has 110 valence electrons. The number of carbonyl (C=O) groups is 1. The molecule has 20 heavy (non-hydrogen) atoms. The Bertz CT molecular complexity index is 496. The molecular weight excluding hydrogens is 278 g/mol. The number of amides is 1. The van der Waals surface area contributed by atoms with Gasteiger partial charge < -0.3 is 14.4 Å². The molecule has 0 N–H and O–H groups in total. The topological polar surface area (TPSA) is 38.8 Å². The molecule has 0 fully saturated rings. The number of benzene rings is 1. The Balaban J connectivity index is 2.98. The Morgan fingerprint density at radius 1 is 1.25 bits per heavy atom. The third kappa shape index (κ3) is 3.90. The molecule has 0 radical (unpaired) electrons. The quantitative estimate of drug-likeness (QED) is 0.757. The summed E-state index contributed by atoms with van der Waals surface area (Å²) < 4.78 is 10.4. The maximum Gasteiger partial charge on any atom is 0.246 e. The molecule has 0 saturated carbocycles. The largest absolute Gasteiger partial charge is 0.493 e. The van der Waals surface area contributed by atoms with Gasteiger partial charge in [-0.25, -0.2) is 0 Å². The Hall–Kier alpha value is -1.68. The zero-order chi connectivity index (χ0) is 15.1. The molecule has 1 aromatic carbocycles. The zero-order valence-electron chi connectivity index (χ0n) is 12.3. The summed E-state index contributed by atoms with van der Waals surface area (Å²) in [6, 6.07) is 3.51. The molecule has 0 aliphatic rings. The molecule has 0 bridgehead atoms. The van der Waals surface area contributed by atoms with Gasteiger partial charge in [0.05, 0.1) is 19.2 Å². The highest BCUT2D eigenvalue weighted by Gasteiger charge is 2.10. The summed E-state index contributed by atoms with van der Waals surface area (Å²) in [4.78, 5) is 13.6. The normalized spacial score (nSPS) is 10.7. The van der Waals surface area contributed by atoms with E-state index < -0.39 is 0 Å². The number of rotatable bonds is 6. The van der Waals surface area contributed by atoms with Gasteiger partial charge in [-0.3, -0.25) is 4.79 Å². The number of ether oxygens (including phenoxy) is 2. The number of likely N-dealkylation sites (N-methyl/N-ethyl adjacent to an activating group) is 1. The molecule has 0 atom stereocenters. The van der Waals surface area contributed by atoms with Gasteiger partial charge in [-0.05, 0) is 37.6 Å². The first-order chi connectivity index (χ1) is 9.57. The van der Waals surface area contributed by atoms with Crippen LogP contribution in [-0.2, 0) is 4.79 Å². The highest BCUT2D eigenvalue weighted by molar-refractivity contribution is 6.32. The monoisotopic (exact) mass is 297 g/mol. The van der Waals surface area contributed by atoms with Crippen LogP contribution in [0.1, 0.15) is 19.4 Å². The number of nitrogens with zero attached hydrogens (tertiary/aromatic N) is 1. The van der Waals surface area contributed by atoms with Crippen LogP contribution in [0.25, 0.3) is 6.08 Å². The van der Waals surface area contributed by atoms with Crippen molar-refractivity contribution in [3.05, 3.63) is 28.8 Å². The second kappa shape index (κ2) is 7.80. The van der Waals surface area contributed by atoms with E-state index in [1.165, 1.54) is 13.2 Å². The van der Waals surface area contributed by atoms with Crippen LogP contribution in [0.5, 0.6) is 11.5 Å². The summed E-state index contributed by atoms with van der Waals surface area (Å²) in [6.45, 7) is 5.27. The van der Waals surface area contributed by atoms with Crippen molar-refractivity contribution in [1.29, 1.82) is 0 Å². The SMILES string of the molecule is CCN(CC)C(=O)/C=C/c1cc(Cl)c(OC)c(OC)c1. The molecular formula is C15H20ClNO3. The molecule has 0 unspecified atom stereocenters. The van der Waals surface area contributed by atoms with Gasteiger partial charge in [0, 0.05) is 19.2 Å². The summed E-state index contributed by atoms with van der Waals surface area (Å²) in [5, 5.41) is 0.446. The molecule has 1 rings (SSSR count). The average Bonchev–Trinajstić information content (AvgIpc) is 2.45. The number of hydrogen-bond donors (Lipinski definition) is 0. The molecule has 0 aliphatic heterocycles. The maximum absolute atomic E-state index is 11.9. The summed E-state index contributed by atoms with van der Waals surface area (Å²) in [7, 11) is 3.08. The molecule has 5 heteroatoms. The number of halogens is 1. The van der Waals surface area contributed by atoms with Crippen molar-refractivity contribution in [2.24, 2.45) is 0 Å². The van der Waals surface area contributed by atoms with Crippen LogP contribution in [0.4, 0.5) is 0 Å². The Morgan fingerprint density at radius 3 is 2.40 bits per heavy atom. The molecule has 0 aromatic heterocycles. The van der Waals surface area contributed by atoms with Crippen molar-refractivity contribution in [2.75, 3.05) is 27.3 Å². The minimum atomic E-state index is -0.0269. The second-order valence-electron chi connectivity index (χ2n) is 4.08. The van der Waals surface area contributed by atoms with Crippen LogP contribution in [0.2, 0.25) is 5.02 Å². The highest BCUT2D eigenvalue weighted by atomic mass is 35.5. The fourth-order valence-electron chi connectivity index (χ4n) is 1.84. The minimum Gasteiger partial charge on any atom is -0.493 e. The van der Waals surface area contributed by atoms with Crippen molar-refractivity contribution >= 4 is 23.6 Å². The minimum absolute atomic E-state index is 0.0269. The van der Waals surface area contributed by atoms with E-state index in [4.69, 9.17) is 21.1 Å². The lowest BCUT2D eigenvalue weighted by Gasteiger charge is -2.16. The molecule has 1 amide bonds. The van der Waals surface area contributed by atoms with Crippen LogP contribution in [0.3, 0.4) is 0 Å². The average molecular weight is 298 g/mol. The Morgan fingerprint density at radius 2 is 1.90 bits per heavy atom. The van der Waals surface area contributed by atoms with E-state index in [2.05, 4.69) is 0 Å². The van der Waals surface area contributed by atoms with Gasteiger partial charge in [-0.1, -0.05) is 11.6 Å². The third-order valence-corrected chi connectivity index (χ3v) is 3.23. The summed E-state index contributed by atoms with van der Waals surface area (Å²) >= 11 is 6.11. The first-order valence-electron chi connectivity index (χ1n) is 6.45. The fraction of sp³-hybridized carbons (Fsp3) is 0.400. The smallest absolute Gasteiger partial charge is 0.246 e. The summed E-state index contributed by atoms with van der Waals surface area (Å²) in [5.41, 5.74) is 0.785. The van der Waals surface area contributed by atoms with Crippen molar-refractivity contribution in [3.8, 4) is 11.5 Å². The summed E-state index contributed by atoms with van der Waals surface area (Å²) in [6.07, 6.45) is 3.25. The van der Waals surface area contributed by atoms with E-state index in [-0.39, 0.29) is 5.91 Å². The van der Waals surface area contributed by atoms with E-state index in [0.717, 1.165) is 5.56 Å². The van der Waals surface area contributed by atoms with Crippen LogP contribution < -0.4 is 9.47 Å². The van der Waals surface area contributed by atoms with E-state index in [9.17, 15) is 4.79 Å². The van der Waals surface area contributed by atoms with Gasteiger partial charge in [0.1, 0.15) is 0 Å². The highest BCUT2D eigenvalue weighted by Crippen LogP contribution is 2.36. The van der Waals surface area contributed by atoms with Gasteiger partial charge in [0.2, 0.25) is 5.91 Å². The van der Waals surface area contributed by atoms with Gasteiger partial charge in [0.25, 0.3) is 0 Å². The molecule has 0 aliphatic carbocycles. The Labute approximate surface area is 124 Å². The zero-order valence-corrected chi connectivity index (χ0v) is 13.0. The van der Waals surface area contributed by atoms with Crippen LogP contribution in [0, 0.1) is 0 Å². The van der Waals surface area contributed by atoms with Gasteiger partial charge in [-0.15, -0.1) is 0 Å². The third-order valence-electron chi connectivity index (χ3n) is 2.95. The van der Waals surface area contributed by atoms with E-state index in [1.807, 2.05) is 13.8 Å². The van der Waals surface area contributed by atoms with Crippen LogP contribution in [0.15, 0.2) is 18.2 Å². The van der Waals surface area contributed by atoms with E-state index >= 15 is 0 Å². The number of methoxy groups -OCH3 is 2. The molecule has 0 spiro atoms. The first-order valence-corrected chi connectivity index (χ1v) is 6.83. The van der Waals surface area contributed by atoms with Crippen LogP contribution in [-0.4, -0.2) is 38.1 Å². The molecule has 1 aromatic rings. The molecule has 0 heterocycles. The first kappa shape index (κ1) is 16.4. The standard InChI is InChI=1S/C15H20ClNO3/c1-5-17(6-2)14(18)8-7-11-9-12(16)15(20-4)13(10-11)19-3/h7-10H,5-6H2,1-4H3/b8-7+. The number of hydrogen-bond acceptors (Lipinski definition) is 3. The predicted molar refractivity (Wildman–Crippen MR) is 81.5 cm³/mol. The summed E-state index contributed by atoms with van der Waals surface area (Å²) in [5.74, 6) is 0.997. The lowest BCUT2D eigenvalue weighted by molar-refractivity contribution is -0.125. The van der Waals surface area contributed by atoms with Crippen LogP contribution >= 0.6 is 11.6 Å².